The summed E-state index contributed by atoms with van der Waals surface area (Å²) in [5.41, 5.74) is 2.07. The third-order valence-corrected chi connectivity index (χ3v) is 3.72. The largest absolute Gasteiger partial charge is 0.491 e. The summed E-state index contributed by atoms with van der Waals surface area (Å²) in [6, 6.07) is 9.46. The van der Waals surface area contributed by atoms with Crippen LogP contribution >= 0.6 is 0 Å². The first kappa shape index (κ1) is 11.9. The number of carbonyl (C=O) groups is 1. The van der Waals surface area contributed by atoms with Crippen molar-refractivity contribution in [1.29, 1.82) is 0 Å². The Kier molecular flexibility index (Phi) is 2.63. The maximum Gasteiger partial charge on any atom is 0.180 e. The van der Waals surface area contributed by atoms with E-state index in [0.29, 0.717) is 17.9 Å². The summed E-state index contributed by atoms with van der Waals surface area (Å²) in [4.78, 5) is 16.7. The zero-order chi connectivity index (χ0) is 13.5. The second-order valence-electron chi connectivity index (χ2n) is 5.19. The summed E-state index contributed by atoms with van der Waals surface area (Å²) in [5.74, 6) is 0.802. The van der Waals surface area contributed by atoms with Crippen molar-refractivity contribution in [2.45, 2.75) is 19.3 Å². The number of Topliss-reactive ketones (excluding diaryl/α,β-unsaturated/α-hetero) is 1. The second-order valence-corrected chi connectivity index (χ2v) is 5.19. The summed E-state index contributed by atoms with van der Waals surface area (Å²) in [6.07, 6.45) is 3.41. The standard InChI is InChI=1S/C16H15NO2/c1-11-3-4-13-14(9-11)19-10-16(2,15(13)18)12-5-7-17-8-6-12/h3-9H,10H2,1-2H3. The maximum absolute atomic E-state index is 12.7. The molecule has 3 nitrogen and oxygen atoms in total. The van der Waals surface area contributed by atoms with E-state index in [4.69, 9.17) is 4.74 Å². The van der Waals surface area contributed by atoms with Gasteiger partial charge < -0.3 is 4.74 Å². The minimum absolute atomic E-state index is 0.111. The minimum atomic E-state index is -0.634. The lowest BCUT2D eigenvalue weighted by Crippen LogP contribution is -2.42. The summed E-state index contributed by atoms with van der Waals surface area (Å²) in [7, 11) is 0. The lowest BCUT2D eigenvalue weighted by atomic mass is 9.75. The Labute approximate surface area is 112 Å². The van der Waals surface area contributed by atoms with Gasteiger partial charge in [-0.2, -0.15) is 0 Å². The van der Waals surface area contributed by atoms with Crippen LogP contribution in [0, 0.1) is 6.92 Å². The molecule has 1 aromatic carbocycles. The number of pyridine rings is 1. The Morgan fingerprint density at radius 3 is 2.68 bits per heavy atom. The van der Waals surface area contributed by atoms with Crippen LogP contribution in [0.1, 0.15) is 28.4 Å². The third kappa shape index (κ3) is 1.82. The Bertz CT molecular complexity index is 636. The van der Waals surface area contributed by atoms with E-state index in [0.717, 1.165) is 11.1 Å². The van der Waals surface area contributed by atoms with E-state index in [1.165, 1.54) is 0 Å². The van der Waals surface area contributed by atoms with Gasteiger partial charge in [0, 0.05) is 12.4 Å². The number of hydrogen-bond acceptors (Lipinski definition) is 3. The van der Waals surface area contributed by atoms with Crippen LogP contribution in [0.2, 0.25) is 0 Å². The van der Waals surface area contributed by atoms with E-state index in [2.05, 4.69) is 4.98 Å². The Morgan fingerprint density at radius 2 is 1.95 bits per heavy atom. The molecule has 0 bridgehead atoms. The molecular formula is C16H15NO2. The summed E-state index contributed by atoms with van der Waals surface area (Å²) in [5, 5.41) is 0. The molecule has 2 aromatic rings. The predicted molar refractivity (Wildman–Crippen MR) is 72.6 cm³/mol. The number of ether oxygens (including phenoxy) is 1. The van der Waals surface area contributed by atoms with Gasteiger partial charge >= 0.3 is 0 Å². The van der Waals surface area contributed by atoms with Crippen LogP contribution in [-0.4, -0.2) is 17.4 Å². The van der Waals surface area contributed by atoms with Crippen LogP contribution in [0.3, 0.4) is 0 Å². The highest BCUT2D eigenvalue weighted by molar-refractivity contribution is 6.07. The molecule has 0 N–H and O–H groups in total. The van der Waals surface area contributed by atoms with E-state index < -0.39 is 5.41 Å². The first-order valence-electron chi connectivity index (χ1n) is 6.30. The molecule has 1 aromatic heterocycles. The number of nitrogens with zero attached hydrogens (tertiary/aromatic N) is 1. The van der Waals surface area contributed by atoms with Crippen LogP contribution in [0.15, 0.2) is 42.7 Å². The highest BCUT2D eigenvalue weighted by Crippen LogP contribution is 2.37. The fourth-order valence-corrected chi connectivity index (χ4v) is 2.46. The molecule has 96 valence electrons. The van der Waals surface area contributed by atoms with Crippen LogP contribution in [0.4, 0.5) is 0 Å². The molecule has 0 aliphatic carbocycles. The average molecular weight is 253 g/mol. The molecule has 0 radical (unpaired) electrons. The van der Waals surface area contributed by atoms with Gasteiger partial charge in [0.15, 0.2) is 5.78 Å². The topological polar surface area (TPSA) is 39.2 Å². The van der Waals surface area contributed by atoms with Crippen molar-refractivity contribution in [3.8, 4) is 5.75 Å². The van der Waals surface area contributed by atoms with Gasteiger partial charge in [-0.25, -0.2) is 0 Å². The quantitative estimate of drug-likeness (QED) is 0.784. The van der Waals surface area contributed by atoms with E-state index >= 15 is 0 Å². The molecule has 0 saturated heterocycles. The van der Waals surface area contributed by atoms with Crippen molar-refractivity contribution in [2.75, 3.05) is 6.61 Å². The van der Waals surface area contributed by atoms with Crippen LogP contribution < -0.4 is 4.74 Å². The van der Waals surface area contributed by atoms with Gasteiger partial charge in [-0.15, -0.1) is 0 Å². The molecule has 0 amide bonds. The zero-order valence-electron chi connectivity index (χ0n) is 11.0. The Balaban J connectivity index is 2.09. The molecule has 0 saturated carbocycles. The summed E-state index contributed by atoms with van der Waals surface area (Å²) >= 11 is 0. The van der Waals surface area contributed by atoms with Gasteiger partial charge in [-0.05, 0) is 49.2 Å². The lowest BCUT2D eigenvalue weighted by molar-refractivity contribution is 0.0791. The number of benzene rings is 1. The molecule has 0 spiro atoms. The molecule has 1 unspecified atom stereocenters. The number of rotatable bonds is 1. The normalized spacial score (nSPS) is 21.7. The number of fused-ring (bicyclic) bond motifs is 1. The Hall–Kier alpha value is -2.16. The number of aromatic nitrogens is 1. The fourth-order valence-electron chi connectivity index (χ4n) is 2.46. The lowest BCUT2D eigenvalue weighted by Gasteiger charge is -2.33. The first-order chi connectivity index (χ1) is 9.11. The minimum Gasteiger partial charge on any atom is -0.491 e. The smallest absolute Gasteiger partial charge is 0.180 e. The van der Waals surface area contributed by atoms with Crippen LogP contribution in [0.5, 0.6) is 5.75 Å². The van der Waals surface area contributed by atoms with Crippen molar-refractivity contribution in [2.24, 2.45) is 0 Å². The number of hydrogen-bond donors (Lipinski definition) is 0. The van der Waals surface area contributed by atoms with Gasteiger partial charge in [-0.3, -0.25) is 9.78 Å². The highest BCUT2D eigenvalue weighted by Gasteiger charge is 2.41. The van der Waals surface area contributed by atoms with E-state index in [1.54, 1.807) is 12.4 Å². The van der Waals surface area contributed by atoms with Crippen molar-refractivity contribution >= 4 is 5.78 Å². The Morgan fingerprint density at radius 1 is 1.21 bits per heavy atom. The van der Waals surface area contributed by atoms with Crippen molar-refractivity contribution in [1.82, 2.24) is 4.98 Å². The van der Waals surface area contributed by atoms with E-state index in [1.807, 2.05) is 44.2 Å². The zero-order valence-corrected chi connectivity index (χ0v) is 11.0. The molecule has 2 heterocycles. The van der Waals surface area contributed by atoms with Gasteiger partial charge in [0.2, 0.25) is 0 Å². The molecule has 19 heavy (non-hydrogen) atoms. The molecular weight excluding hydrogens is 238 g/mol. The van der Waals surface area contributed by atoms with Crippen molar-refractivity contribution < 1.29 is 9.53 Å². The molecule has 3 rings (SSSR count). The fraction of sp³-hybridized carbons (Fsp3) is 0.250. The average Bonchev–Trinajstić information content (AvgIpc) is 2.44. The van der Waals surface area contributed by atoms with Gasteiger partial charge in [0.25, 0.3) is 0 Å². The molecule has 0 fully saturated rings. The van der Waals surface area contributed by atoms with E-state index in [9.17, 15) is 4.79 Å². The molecule has 1 aliphatic rings. The SMILES string of the molecule is Cc1ccc2c(c1)OCC(C)(c1ccncc1)C2=O. The van der Waals surface area contributed by atoms with E-state index in [-0.39, 0.29) is 5.78 Å². The number of aryl methyl sites for hydroxylation is 1. The third-order valence-electron chi connectivity index (χ3n) is 3.72. The highest BCUT2D eigenvalue weighted by atomic mass is 16.5. The maximum atomic E-state index is 12.7. The van der Waals surface area contributed by atoms with Gasteiger partial charge in [0.05, 0.1) is 11.0 Å². The summed E-state index contributed by atoms with van der Waals surface area (Å²) in [6.45, 7) is 4.28. The monoisotopic (exact) mass is 253 g/mol. The van der Waals surface area contributed by atoms with Crippen LogP contribution in [0.25, 0.3) is 0 Å². The van der Waals surface area contributed by atoms with Crippen molar-refractivity contribution in [3.63, 3.8) is 0 Å². The first-order valence-corrected chi connectivity index (χ1v) is 6.30. The predicted octanol–water partition coefficient (Wildman–Crippen LogP) is 2.92. The van der Waals surface area contributed by atoms with Crippen LogP contribution in [-0.2, 0) is 5.41 Å². The number of ketones is 1. The second kappa shape index (κ2) is 4.19. The number of carbonyl (C=O) groups excluding carboxylic acids is 1. The molecule has 1 aliphatic heterocycles. The molecule has 3 heteroatoms. The van der Waals surface area contributed by atoms with Gasteiger partial charge in [0.1, 0.15) is 12.4 Å². The van der Waals surface area contributed by atoms with Gasteiger partial charge in [-0.1, -0.05) is 6.07 Å². The van der Waals surface area contributed by atoms with Crippen molar-refractivity contribution in [3.05, 3.63) is 59.4 Å². The summed E-state index contributed by atoms with van der Waals surface area (Å²) < 4.78 is 5.80. The molecule has 1 atom stereocenters.